The summed E-state index contributed by atoms with van der Waals surface area (Å²) in [5.74, 6) is 0.0916. The molecule has 3 aromatic rings. The number of pyridine rings is 2. The molecular formula is C21H17ClF3N3O3. The minimum absolute atomic E-state index is 0.0227. The lowest BCUT2D eigenvalue weighted by Crippen LogP contribution is -2.27. The molecule has 3 rings (SSSR count). The van der Waals surface area contributed by atoms with Crippen molar-refractivity contribution in [3.05, 3.63) is 77.2 Å². The Balaban J connectivity index is 1.66. The molecule has 0 fully saturated rings. The maximum absolute atomic E-state index is 12.7. The summed E-state index contributed by atoms with van der Waals surface area (Å²) in [7, 11) is 0. The molecule has 6 nitrogen and oxygen atoms in total. The molecule has 1 aromatic carbocycles. The summed E-state index contributed by atoms with van der Waals surface area (Å²) >= 11 is 5.86. The Bertz CT molecular complexity index is 1030. The van der Waals surface area contributed by atoms with E-state index in [1.165, 1.54) is 24.5 Å². The number of alkyl halides is 3. The molecule has 2 aromatic heterocycles. The van der Waals surface area contributed by atoms with E-state index in [2.05, 4.69) is 20.0 Å². The zero-order valence-electron chi connectivity index (χ0n) is 16.2. The SMILES string of the molecule is C[C@@H](NC(=O)c1cccnc1Oc1ccc(Cl)cc1)c1ccc(OCC(F)(F)F)cn1. The van der Waals surface area contributed by atoms with Gasteiger partial charge in [0, 0.05) is 11.2 Å². The van der Waals surface area contributed by atoms with Crippen molar-refractivity contribution in [1.29, 1.82) is 0 Å². The molecule has 1 atom stereocenters. The minimum Gasteiger partial charge on any atom is -0.483 e. The van der Waals surface area contributed by atoms with Crippen LogP contribution in [0.15, 0.2) is 60.9 Å². The van der Waals surface area contributed by atoms with Crippen LogP contribution < -0.4 is 14.8 Å². The number of carbonyl (C=O) groups excluding carboxylic acids is 1. The van der Waals surface area contributed by atoms with E-state index in [4.69, 9.17) is 16.3 Å². The number of ether oxygens (including phenoxy) is 2. The van der Waals surface area contributed by atoms with Gasteiger partial charge in [-0.1, -0.05) is 11.6 Å². The zero-order valence-corrected chi connectivity index (χ0v) is 16.9. The van der Waals surface area contributed by atoms with Crippen molar-refractivity contribution in [2.75, 3.05) is 6.61 Å². The largest absolute Gasteiger partial charge is 0.483 e. The molecule has 1 amide bonds. The third-order valence-corrected chi connectivity index (χ3v) is 4.25. The molecule has 10 heteroatoms. The zero-order chi connectivity index (χ0) is 22.4. The van der Waals surface area contributed by atoms with Gasteiger partial charge in [0.2, 0.25) is 5.88 Å². The highest BCUT2D eigenvalue weighted by molar-refractivity contribution is 6.30. The highest BCUT2D eigenvalue weighted by Crippen LogP contribution is 2.25. The summed E-state index contributed by atoms with van der Waals surface area (Å²) in [6.07, 6.45) is -1.77. The van der Waals surface area contributed by atoms with Crippen molar-refractivity contribution in [1.82, 2.24) is 15.3 Å². The summed E-state index contributed by atoms with van der Waals surface area (Å²) in [6.45, 7) is 0.282. The molecule has 0 spiro atoms. The van der Waals surface area contributed by atoms with E-state index in [1.807, 2.05) is 0 Å². The number of rotatable bonds is 7. The first kappa shape index (κ1) is 22.4. The number of hydrogen-bond donors (Lipinski definition) is 1. The van der Waals surface area contributed by atoms with Gasteiger partial charge in [0.1, 0.15) is 17.1 Å². The van der Waals surface area contributed by atoms with Crippen molar-refractivity contribution in [3.8, 4) is 17.4 Å². The number of amides is 1. The smallest absolute Gasteiger partial charge is 0.422 e. The van der Waals surface area contributed by atoms with E-state index in [9.17, 15) is 18.0 Å². The Kier molecular flexibility index (Phi) is 6.96. The second-order valence-electron chi connectivity index (χ2n) is 6.43. The average Bonchev–Trinajstić information content (AvgIpc) is 2.74. The standard InChI is InChI=1S/C21H17ClF3N3O3/c1-13(18-9-8-16(11-27-18)30-12-21(23,24)25)28-19(29)17-3-2-10-26-20(17)31-15-6-4-14(22)5-7-15/h2-11,13H,12H2,1H3,(H,28,29)/t13-/m1/s1. The maximum atomic E-state index is 12.7. The molecule has 1 N–H and O–H groups in total. The van der Waals surface area contributed by atoms with Gasteiger partial charge < -0.3 is 14.8 Å². The fourth-order valence-electron chi connectivity index (χ4n) is 2.51. The van der Waals surface area contributed by atoms with Crippen molar-refractivity contribution < 1.29 is 27.4 Å². The number of carbonyl (C=O) groups is 1. The molecule has 0 bridgehead atoms. The molecule has 0 aliphatic rings. The maximum Gasteiger partial charge on any atom is 0.422 e. The summed E-state index contributed by atoms with van der Waals surface area (Å²) in [5.41, 5.74) is 0.645. The van der Waals surface area contributed by atoms with Crippen LogP contribution in [0.2, 0.25) is 5.02 Å². The molecular weight excluding hydrogens is 435 g/mol. The number of nitrogens with one attached hydrogen (secondary N) is 1. The second-order valence-corrected chi connectivity index (χ2v) is 6.87. The normalized spacial score (nSPS) is 12.2. The first-order chi connectivity index (χ1) is 14.7. The van der Waals surface area contributed by atoms with Gasteiger partial charge in [-0.25, -0.2) is 4.98 Å². The van der Waals surface area contributed by atoms with E-state index >= 15 is 0 Å². The Morgan fingerprint density at radius 1 is 1.10 bits per heavy atom. The summed E-state index contributed by atoms with van der Waals surface area (Å²) < 4.78 is 47.0. The summed E-state index contributed by atoms with van der Waals surface area (Å²) in [4.78, 5) is 20.9. The van der Waals surface area contributed by atoms with E-state index in [-0.39, 0.29) is 17.2 Å². The van der Waals surface area contributed by atoms with Crippen LogP contribution in [0.25, 0.3) is 0 Å². The quantitative estimate of drug-likeness (QED) is 0.524. The molecule has 0 radical (unpaired) electrons. The van der Waals surface area contributed by atoms with Crippen LogP contribution in [0, 0.1) is 0 Å². The number of aromatic nitrogens is 2. The highest BCUT2D eigenvalue weighted by Gasteiger charge is 2.28. The van der Waals surface area contributed by atoms with Gasteiger partial charge in [-0.3, -0.25) is 9.78 Å². The van der Waals surface area contributed by atoms with Crippen LogP contribution in [0.3, 0.4) is 0 Å². The highest BCUT2D eigenvalue weighted by atomic mass is 35.5. The first-order valence-electron chi connectivity index (χ1n) is 9.06. The van der Waals surface area contributed by atoms with Crippen molar-refractivity contribution in [2.24, 2.45) is 0 Å². The summed E-state index contributed by atoms with van der Waals surface area (Å²) in [5, 5.41) is 3.30. The number of benzene rings is 1. The fourth-order valence-corrected chi connectivity index (χ4v) is 2.63. The van der Waals surface area contributed by atoms with Crippen molar-refractivity contribution in [2.45, 2.75) is 19.1 Å². The van der Waals surface area contributed by atoms with Crippen LogP contribution in [-0.2, 0) is 0 Å². The third-order valence-electron chi connectivity index (χ3n) is 4.00. The summed E-state index contributed by atoms with van der Waals surface area (Å²) in [6, 6.07) is 12.0. The van der Waals surface area contributed by atoms with Gasteiger partial charge in [-0.05, 0) is 55.5 Å². The van der Waals surface area contributed by atoms with Gasteiger partial charge in [0.05, 0.1) is 17.9 Å². The van der Waals surface area contributed by atoms with Gasteiger partial charge in [0.25, 0.3) is 5.91 Å². The molecule has 0 aliphatic heterocycles. The molecule has 0 saturated carbocycles. The predicted octanol–water partition coefficient (Wildman–Crippen LogP) is 5.35. The number of hydrogen-bond acceptors (Lipinski definition) is 5. The lowest BCUT2D eigenvalue weighted by atomic mass is 10.2. The van der Waals surface area contributed by atoms with E-state index in [0.717, 1.165) is 0 Å². The van der Waals surface area contributed by atoms with Crippen LogP contribution >= 0.6 is 11.6 Å². The molecule has 0 unspecified atom stereocenters. The Hall–Kier alpha value is -3.33. The molecule has 162 valence electrons. The Labute approximate surface area is 181 Å². The molecule has 2 heterocycles. The minimum atomic E-state index is -4.44. The predicted molar refractivity (Wildman–Crippen MR) is 107 cm³/mol. The van der Waals surface area contributed by atoms with Gasteiger partial charge in [-0.15, -0.1) is 0 Å². The monoisotopic (exact) mass is 451 g/mol. The molecule has 0 aliphatic carbocycles. The lowest BCUT2D eigenvalue weighted by Gasteiger charge is -2.16. The topological polar surface area (TPSA) is 73.3 Å². The Morgan fingerprint density at radius 2 is 1.81 bits per heavy atom. The fraction of sp³-hybridized carbons (Fsp3) is 0.190. The number of nitrogens with zero attached hydrogens (tertiary/aromatic N) is 2. The van der Waals surface area contributed by atoms with Crippen LogP contribution in [0.1, 0.15) is 29.0 Å². The van der Waals surface area contributed by atoms with Crippen LogP contribution in [0.4, 0.5) is 13.2 Å². The van der Waals surface area contributed by atoms with Crippen molar-refractivity contribution in [3.63, 3.8) is 0 Å². The number of halogens is 4. The molecule has 0 saturated heterocycles. The van der Waals surface area contributed by atoms with Gasteiger partial charge >= 0.3 is 6.18 Å². The van der Waals surface area contributed by atoms with Crippen LogP contribution in [0.5, 0.6) is 17.4 Å². The van der Waals surface area contributed by atoms with Gasteiger partial charge in [0.15, 0.2) is 6.61 Å². The Morgan fingerprint density at radius 3 is 2.45 bits per heavy atom. The van der Waals surface area contributed by atoms with E-state index in [1.54, 1.807) is 43.3 Å². The average molecular weight is 452 g/mol. The second kappa shape index (κ2) is 9.65. The lowest BCUT2D eigenvalue weighted by molar-refractivity contribution is -0.153. The third kappa shape index (κ3) is 6.58. The first-order valence-corrected chi connectivity index (χ1v) is 9.44. The van der Waals surface area contributed by atoms with E-state index < -0.39 is 24.7 Å². The van der Waals surface area contributed by atoms with Gasteiger partial charge in [-0.2, -0.15) is 13.2 Å². The van der Waals surface area contributed by atoms with Crippen LogP contribution in [-0.4, -0.2) is 28.7 Å². The van der Waals surface area contributed by atoms with Crippen molar-refractivity contribution >= 4 is 17.5 Å². The molecule has 31 heavy (non-hydrogen) atoms. The van der Waals surface area contributed by atoms with E-state index in [0.29, 0.717) is 16.5 Å².